The number of nitrogens with one attached hydrogen (secondary N) is 2. The molecule has 0 radical (unpaired) electrons. The van der Waals surface area contributed by atoms with Gasteiger partial charge in [0, 0.05) is 24.0 Å². The Morgan fingerprint density at radius 3 is 2.65 bits per heavy atom. The molecule has 0 saturated carbocycles. The van der Waals surface area contributed by atoms with Crippen LogP contribution in [0.5, 0.6) is 0 Å². The highest BCUT2D eigenvalue weighted by atomic mass is 32.2. The van der Waals surface area contributed by atoms with E-state index in [1.165, 1.54) is 0 Å². The molecule has 17 heavy (non-hydrogen) atoms. The molecule has 2 N–H and O–H groups in total. The molecular weight excluding hydrogens is 256 g/mol. The van der Waals surface area contributed by atoms with E-state index < -0.39 is 10.0 Å². The molecule has 0 aliphatic heterocycles. The van der Waals surface area contributed by atoms with Crippen LogP contribution < -0.4 is 10.0 Å². The van der Waals surface area contributed by atoms with Gasteiger partial charge in [0.2, 0.25) is 10.0 Å². The van der Waals surface area contributed by atoms with Crippen molar-refractivity contribution >= 4 is 21.4 Å². The summed E-state index contributed by atoms with van der Waals surface area (Å²) in [5.41, 5.74) is 1.14. The average Bonchev–Trinajstić information content (AvgIpc) is 2.60. The Kier molecular flexibility index (Phi) is 5.58. The second-order valence-corrected chi connectivity index (χ2v) is 7.20. The van der Waals surface area contributed by atoms with Crippen molar-refractivity contribution in [3.63, 3.8) is 0 Å². The minimum atomic E-state index is -3.18. The number of thiophene rings is 1. The molecule has 1 heterocycles. The van der Waals surface area contributed by atoms with Gasteiger partial charge in [0.15, 0.2) is 0 Å². The molecule has 0 unspecified atom stereocenters. The van der Waals surface area contributed by atoms with Crippen LogP contribution in [-0.4, -0.2) is 26.8 Å². The second kappa shape index (κ2) is 6.49. The van der Waals surface area contributed by atoms with E-state index in [1.807, 2.05) is 32.2 Å². The van der Waals surface area contributed by atoms with E-state index in [0.29, 0.717) is 19.1 Å². The normalized spacial score (nSPS) is 12.2. The lowest BCUT2D eigenvalue weighted by Crippen LogP contribution is -2.34. The van der Waals surface area contributed by atoms with Gasteiger partial charge in [-0.3, -0.25) is 0 Å². The van der Waals surface area contributed by atoms with E-state index in [-0.39, 0.29) is 5.75 Å². The highest BCUT2D eigenvalue weighted by molar-refractivity contribution is 7.89. The first-order valence-electron chi connectivity index (χ1n) is 5.64. The summed E-state index contributed by atoms with van der Waals surface area (Å²) >= 11 is 1.58. The molecule has 0 amide bonds. The van der Waals surface area contributed by atoms with Crippen LogP contribution in [0, 0.1) is 6.92 Å². The van der Waals surface area contributed by atoms with Crippen molar-refractivity contribution < 1.29 is 8.42 Å². The van der Waals surface area contributed by atoms with Gasteiger partial charge in [0.05, 0.1) is 5.75 Å². The molecule has 0 aliphatic rings. The highest BCUT2D eigenvalue weighted by Crippen LogP contribution is 2.15. The van der Waals surface area contributed by atoms with E-state index in [0.717, 1.165) is 10.4 Å². The smallest absolute Gasteiger partial charge is 0.213 e. The van der Waals surface area contributed by atoms with Crippen LogP contribution in [0.4, 0.5) is 0 Å². The summed E-state index contributed by atoms with van der Waals surface area (Å²) in [5.74, 6) is 0.121. The van der Waals surface area contributed by atoms with Crippen LogP contribution in [0.25, 0.3) is 0 Å². The van der Waals surface area contributed by atoms with Crippen molar-refractivity contribution in [3.8, 4) is 0 Å². The maximum absolute atomic E-state index is 11.7. The van der Waals surface area contributed by atoms with Gasteiger partial charge in [-0.25, -0.2) is 13.1 Å². The van der Waals surface area contributed by atoms with Gasteiger partial charge >= 0.3 is 0 Å². The van der Waals surface area contributed by atoms with Gasteiger partial charge in [-0.2, -0.15) is 0 Å². The van der Waals surface area contributed by atoms with Crippen LogP contribution in [0.2, 0.25) is 0 Å². The van der Waals surface area contributed by atoms with Gasteiger partial charge in [0.25, 0.3) is 0 Å². The first-order chi connectivity index (χ1) is 7.91. The molecule has 0 fully saturated rings. The standard InChI is InChI=1S/C11H20N2O2S2/c1-9(2)12-5-7-17(14,15)13-8-11-10(3)4-6-16-11/h4,6,9,12-13H,5,7-8H2,1-3H3. The zero-order valence-electron chi connectivity index (χ0n) is 10.5. The van der Waals surface area contributed by atoms with E-state index >= 15 is 0 Å². The Labute approximate surface area is 107 Å². The molecular formula is C11H20N2O2S2. The van der Waals surface area contributed by atoms with Crippen LogP contribution in [-0.2, 0) is 16.6 Å². The third kappa shape index (κ3) is 5.63. The first-order valence-corrected chi connectivity index (χ1v) is 8.17. The summed E-state index contributed by atoms with van der Waals surface area (Å²) in [6.45, 7) is 6.86. The molecule has 1 aromatic heterocycles. The van der Waals surface area contributed by atoms with Crippen LogP contribution >= 0.6 is 11.3 Å². The topological polar surface area (TPSA) is 58.2 Å². The Balaban J connectivity index is 2.37. The second-order valence-electron chi connectivity index (χ2n) is 4.28. The Bertz CT molecular complexity index is 438. The zero-order valence-corrected chi connectivity index (χ0v) is 12.1. The molecule has 6 heteroatoms. The molecule has 1 aromatic rings. The summed E-state index contributed by atoms with van der Waals surface area (Å²) in [4.78, 5) is 1.07. The lowest BCUT2D eigenvalue weighted by atomic mass is 10.3. The van der Waals surface area contributed by atoms with E-state index in [1.54, 1.807) is 11.3 Å². The third-order valence-electron chi connectivity index (χ3n) is 2.34. The highest BCUT2D eigenvalue weighted by Gasteiger charge is 2.10. The molecule has 1 rings (SSSR count). The number of sulfonamides is 1. The fraction of sp³-hybridized carbons (Fsp3) is 0.636. The van der Waals surface area contributed by atoms with Gasteiger partial charge in [0.1, 0.15) is 0 Å². The fourth-order valence-electron chi connectivity index (χ4n) is 1.31. The summed E-state index contributed by atoms with van der Waals surface area (Å²) in [6.07, 6.45) is 0. The van der Waals surface area contributed by atoms with Crippen molar-refractivity contribution in [3.05, 3.63) is 21.9 Å². The van der Waals surface area contributed by atoms with Crippen molar-refractivity contribution in [2.45, 2.75) is 33.4 Å². The Hall–Kier alpha value is -0.430. The molecule has 0 spiro atoms. The third-order valence-corrected chi connectivity index (χ3v) is 4.69. The Morgan fingerprint density at radius 1 is 1.41 bits per heavy atom. The van der Waals surface area contributed by atoms with E-state index in [9.17, 15) is 8.42 Å². The van der Waals surface area contributed by atoms with Gasteiger partial charge in [-0.05, 0) is 23.9 Å². The molecule has 0 saturated heterocycles. The zero-order chi connectivity index (χ0) is 12.9. The number of hydrogen-bond donors (Lipinski definition) is 2. The predicted octanol–water partition coefficient (Wildman–Crippen LogP) is 1.47. The number of aryl methyl sites for hydroxylation is 1. The van der Waals surface area contributed by atoms with Gasteiger partial charge < -0.3 is 5.32 Å². The summed E-state index contributed by atoms with van der Waals surface area (Å²) in [7, 11) is -3.18. The molecule has 98 valence electrons. The monoisotopic (exact) mass is 276 g/mol. The maximum atomic E-state index is 11.7. The van der Waals surface area contributed by atoms with Crippen LogP contribution in [0.3, 0.4) is 0 Å². The van der Waals surface area contributed by atoms with Gasteiger partial charge in [-0.1, -0.05) is 13.8 Å². The summed E-state index contributed by atoms with van der Waals surface area (Å²) < 4.78 is 26.0. The lowest BCUT2D eigenvalue weighted by Gasteiger charge is -2.09. The van der Waals surface area contributed by atoms with Crippen LogP contribution in [0.15, 0.2) is 11.4 Å². The molecule has 0 aliphatic carbocycles. The van der Waals surface area contributed by atoms with Crippen molar-refractivity contribution in [2.24, 2.45) is 0 Å². The van der Waals surface area contributed by atoms with E-state index in [4.69, 9.17) is 0 Å². The maximum Gasteiger partial charge on any atom is 0.213 e. The summed E-state index contributed by atoms with van der Waals surface area (Å²) in [5, 5.41) is 5.06. The molecule has 0 bridgehead atoms. The van der Waals surface area contributed by atoms with Gasteiger partial charge in [-0.15, -0.1) is 11.3 Å². The predicted molar refractivity (Wildman–Crippen MR) is 72.8 cm³/mol. The molecule has 0 atom stereocenters. The minimum absolute atomic E-state index is 0.121. The quantitative estimate of drug-likeness (QED) is 0.793. The minimum Gasteiger partial charge on any atom is -0.313 e. The lowest BCUT2D eigenvalue weighted by molar-refractivity contribution is 0.567. The van der Waals surface area contributed by atoms with Crippen molar-refractivity contribution in [1.82, 2.24) is 10.0 Å². The average molecular weight is 276 g/mol. The number of hydrogen-bond acceptors (Lipinski definition) is 4. The van der Waals surface area contributed by atoms with E-state index in [2.05, 4.69) is 10.0 Å². The SMILES string of the molecule is Cc1ccsc1CNS(=O)(=O)CCNC(C)C. The van der Waals surface area contributed by atoms with Crippen LogP contribution in [0.1, 0.15) is 24.3 Å². The number of rotatable bonds is 7. The largest absolute Gasteiger partial charge is 0.313 e. The molecule has 0 aromatic carbocycles. The van der Waals surface area contributed by atoms with Crippen molar-refractivity contribution in [1.29, 1.82) is 0 Å². The first kappa shape index (κ1) is 14.6. The van der Waals surface area contributed by atoms with Crippen molar-refractivity contribution in [2.75, 3.05) is 12.3 Å². The summed E-state index contributed by atoms with van der Waals surface area (Å²) in [6, 6.07) is 2.30. The fourth-order valence-corrected chi connectivity index (χ4v) is 3.15. The Morgan fingerprint density at radius 2 is 2.12 bits per heavy atom. The molecule has 4 nitrogen and oxygen atoms in total.